The lowest BCUT2D eigenvalue weighted by Crippen LogP contribution is -2.54. The molecule has 3 atom stereocenters. The largest absolute Gasteiger partial charge is 0.341 e. The number of benzene rings is 2. The minimum Gasteiger partial charge on any atom is -0.341 e. The second-order valence-corrected chi connectivity index (χ2v) is 10.9. The van der Waals surface area contributed by atoms with Crippen LogP contribution in [0.5, 0.6) is 0 Å². The highest BCUT2D eigenvalue weighted by Crippen LogP contribution is 2.29. The fourth-order valence-corrected chi connectivity index (χ4v) is 5.82. The lowest BCUT2D eigenvalue weighted by atomic mass is 9.87. The Kier molecular flexibility index (Phi) is 18.1. The number of pyridine rings is 1. The fourth-order valence-electron chi connectivity index (χ4n) is 5.53. The highest BCUT2D eigenvalue weighted by atomic mass is 35.5. The number of halogens is 2. The molecule has 10 heteroatoms. The summed E-state index contributed by atoms with van der Waals surface area (Å²) in [5.74, 6) is 0.0927. The van der Waals surface area contributed by atoms with Crippen molar-refractivity contribution in [1.29, 1.82) is 0 Å². The van der Waals surface area contributed by atoms with Crippen LogP contribution in [0.1, 0.15) is 70.4 Å². The number of nitrogens with zero attached hydrogens (tertiary/aromatic N) is 3. The molecule has 1 saturated heterocycles. The number of nitrogens with one attached hydrogen (secondary N) is 1. The zero-order chi connectivity index (χ0) is 33.2. The number of carbonyl (C=O) groups excluding carboxylic acids is 4. The van der Waals surface area contributed by atoms with Crippen LogP contribution in [0.25, 0.3) is 10.8 Å². The van der Waals surface area contributed by atoms with E-state index in [1.54, 1.807) is 17.2 Å². The SMILES string of the molecule is C=O.C=O.CC.CCC(c1ccc(Cl)nc1)C(CC)N(C)C(=O)CN1CCC[C@H](NCc2ccc3cc(Cl)ccc3c2)C1=O. The minimum atomic E-state index is -0.298. The van der Waals surface area contributed by atoms with Crippen molar-refractivity contribution < 1.29 is 19.2 Å². The van der Waals surface area contributed by atoms with Crippen molar-refractivity contribution in [2.24, 2.45) is 0 Å². The first-order valence-electron chi connectivity index (χ1n) is 15.0. The normalized spacial score (nSPS) is 15.4. The predicted octanol–water partition coefficient (Wildman–Crippen LogP) is 6.71. The molecule has 0 radical (unpaired) electrons. The molecule has 1 fully saturated rings. The maximum atomic E-state index is 13.4. The predicted molar refractivity (Wildman–Crippen MR) is 180 cm³/mol. The summed E-state index contributed by atoms with van der Waals surface area (Å²) in [5, 5.41) is 6.80. The average molecular weight is 646 g/mol. The molecule has 0 saturated carbocycles. The molecule has 2 heterocycles. The van der Waals surface area contributed by atoms with Crippen molar-refractivity contribution in [1.82, 2.24) is 20.1 Å². The van der Waals surface area contributed by atoms with Gasteiger partial charge in [0.05, 0.1) is 12.6 Å². The second-order valence-electron chi connectivity index (χ2n) is 10.1. The van der Waals surface area contributed by atoms with E-state index in [0.717, 1.165) is 47.6 Å². The Hall–Kier alpha value is -3.33. The topological polar surface area (TPSA) is 99.7 Å². The third-order valence-corrected chi connectivity index (χ3v) is 8.13. The highest BCUT2D eigenvalue weighted by molar-refractivity contribution is 6.31. The van der Waals surface area contributed by atoms with Gasteiger partial charge in [-0.25, -0.2) is 4.98 Å². The van der Waals surface area contributed by atoms with Crippen LogP contribution in [0.2, 0.25) is 10.2 Å². The van der Waals surface area contributed by atoms with Crippen LogP contribution in [0.3, 0.4) is 0 Å². The number of likely N-dealkylation sites (N-methyl/N-ethyl adjacent to an activating group) is 1. The van der Waals surface area contributed by atoms with Crippen LogP contribution in [0.4, 0.5) is 0 Å². The number of piperidine rings is 1. The standard InChI is InChI=1S/C30H36Cl2N4O2.C2H6.2CH2O/c1-4-25(23-11-13-28(32)34-18-23)27(5-2)35(3)29(37)19-36-14-6-7-26(30(36)38)33-17-20-8-9-22-16-24(31)12-10-21(22)15-20;3*1-2/h8-13,15-16,18,25-27,33H,4-7,14,17,19H2,1-3H3;1-2H3;2*1H2/t25?,26-,27?;;;/m0.../s1. The van der Waals surface area contributed by atoms with Gasteiger partial charge in [0.1, 0.15) is 18.7 Å². The maximum Gasteiger partial charge on any atom is 0.242 e. The molecule has 0 aliphatic carbocycles. The summed E-state index contributed by atoms with van der Waals surface area (Å²) in [4.78, 5) is 50.4. The fraction of sp³-hybridized carbons (Fsp3) is 0.441. The van der Waals surface area contributed by atoms with Gasteiger partial charge in [0, 0.05) is 43.3 Å². The molecular weight excluding hydrogens is 599 g/mol. The number of hydrogen-bond donors (Lipinski definition) is 1. The number of aromatic nitrogens is 1. The zero-order valence-electron chi connectivity index (χ0n) is 26.5. The van der Waals surface area contributed by atoms with Gasteiger partial charge in [0.25, 0.3) is 0 Å². The summed E-state index contributed by atoms with van der Waals surface area (Å²) in [6.45, 7) is 13.5. The van der Waals surface area contributed by atoms with E-state index in [-0.39, 0.29) is 36.4 Å². The quantitative estimate of drug-likeness (QED) is 0.246. The Bertz CT molecular complexity index is 1310. The number of amides is 2. The van der Waals surface area contributed by atoms with Gasteiger partial charge in [-0.15, -0.1) is 0 Å². The van der Waals surface area contributed by atoms with Gasteiger partial charge in [-0.2, -0.15) is 0 Å². The molecule has 1 aliphatic rings. The molecule has 1 aliphatic heterocycles. The van der Waals surface area contributed by atoms with E-state index >= 15 is 0 Å². The Labute approximate surface area is 272 Å². The first kappa shape index (κ1) is 38.7. The summed E-state index contributed by atoms with van der Waals surface area (Å²) >= 11 is 12.1. The van der Waals surface area contributed by atoms with Crippen LogP contribution < -0.4 is 5.32 Å². The van der Waals surface area contributed by atoms with E-state index in [4.69, 9.17) is 32.8 Å². The van der Waals surface area contributed by atoms with Gasteiger partial charge in [0.15, 0.2) is 0 Å². The lowest BCUT2D eigenvalue weighted by Gasteiger charge is -2.37. The average Bonchev–Trinajstić information content (AvgIpc) is 3.07. The van der Waals surface area contributed by atoms with Crippen LogP contribution in [-0.2, 0) is 25.7 Å². The summed E-state index contributed by atoms with van der Waals surface area (Å²) < 4.78 is 0. The van der Waals surface area contributed by atoms with Crippen molar-refractivity contribution in [3.63, 3.8) is 0 Å². The lowest BCUT2D eigenvalue weighted by molar-refractivity contribution is -0.144. The summed E-state index contributed by atoms with van der Waals surface area (Å²) in [6, 6.07) is 15.6. The molecule has 1 N–H and O–H groups in total. The maximum absolute atomic E-state index is 13.4. The van der Waals surface area contributed by atoms with Crippen molar-refractivity contribution in [2.45, 2.75) is 77.9 Å². The van der Waals surface area contributed by atoms with Crippen LogP contribution >= 0.6 is 23.2 Å². The molecular formula is C34H46Cl2N4O4. The minimum absolute atomic E-state index is 0.00655. The third kappa shape index (κ3) is 10.7. The number of likely N-dealkylation sites (tertiary alicyclic amines) is 1. The number of carbonyl (C=O) groups is 4. The van der Waals surface area contributed by atoms with Crippen LogP contribution in [-0.4, -0.2) is 72.4 Å². The van der Waals surface area contributed by atoms with Crippen molar-refractivity contribution in [2.75, 3.05) is 20.1 Å². The Morgan fingerprint density at radius 3 is 2.30 bits per heavy atom. The van der Waals surface area contributed by atoms with Gasteiger partial charge in [-0.1, -0.05) is 75.2 Å². The van der Waals surface area contributed by atoms with E-state index in [9.17, 15) is 9.59 Å². The second kappa shape index (κ2) is 20.6. The van der Waals surface area contributed by atoms with E-state index in [2.05, 4.69) is 42.3 Å². The zero-order valence-corrected chi connectivity index (χ0v) is 28.0. The summed E-state index contributed by atoms with van der Waals surface area (Å²) in [6.07, 6.45) is 5.10. The van der Waals surface area contributed by atoms with E-state index in [1.807, 2.05) is 63.6 Å². The van der Waals surface area contributed by atoms with Crippen LogP contribution in [0.15, 0.2) is 54.7 Å². The van der Waals surface area contributed by atoms with Gasteiger partial charge < -0.3 is 24.7 Å². The van der Waals surface area contributed by atoms with Gasteiger partial charge >= 0.3 is 0 Å². The van der Waals surface area contributed by atoms with Gasteiger partial charge in [-0.05, 0) is 71.8 Å². The molecule has 240 valence electrons. The summed E-state index contributed by atoms with van der Waals surface area (Å²) in [7, 11) is 1.85. The third-order valence-electron chi connectivity index (χ3n) is 7.67. The number of hydrogen-bond acceptors (Lipinski definition) is 6. The molecule has 1 aromatic heterocycles. The summed E-state index contributed by atoms with van der Waals surface area (Å²) in [5.41, 5.74) is 2.17. The highest BCUT2D eigenvalue weighted by Gasteiger charge is 2.33. The Balaban J connectivity index is 0.00000152. The molecule has 3 aromatic rings. The van der Waals surface area contributed by atoms with E-state index < -0.39 is 0 Å². The first-order valence-corrected chi connectivity index (χ1v) is 15.7. The van der Waals surface area contributed by atoms with Crippen molar-refractivity contribution >= 4 is 59.4 Å². The van der Waals surface area contributed by atoms with Crippen LogP contribution in [0, 0.1) is 0 Å². The molecule has 8 nitrogen and oxygen atoms in total. The van der Waals surface area contributed by atoms with E-state index in [0.29, 0.717) is 23.3 Å². The first-order chi connectivity index (χ1) is 21.3. The molecule has 44 heavy (non-hydrogen) atoms. The molecule has 0 spiro atoms. The van der Waals surface area contributed by atoms with E-state index in [1.165, 1.54) is 0 Å². The monoisotopic (exact) mass is 644 g/mol. The molecule has 2 amide bonds. The molecule has 2 unspecified atom stereocenters. The van der Waals surface area contributed by atoms with Crippen molar-refractivity contribution in [3.05, 3.63) is 76.0 Å². The van der Waals surface area contributed by atoms with Crippen molar-refractivity contribution in [3.8, 4) is 0 Å². The molecule has 4 rings (SSSR count). The van der Waals surface area contributed by atoms with Gasteiger partial charge in [-0.3, -0.25) is 9.59 Å². The smallest absolute Gasteiger partial charge is 0.242 e. The molecule has 0 bridgehead atoms. The number of rotatable bonds is 10. The molecule has 2 aromatic carbocycles. The Morgan fingerprint density at radius 1 is 1.02 bits per heavy atom. The van der Waals surface area contributed by atoms with Gasteiger partial charge in [0.2, 0.25) is 11.8 Å². The Morgan fingerprint density at radius 2 is 1.68 bits per heavy atom. The number of fused-ring (bicyclic) bond motifs is 1.